The number of rotatable bonds is 7. The Hall–Kier alpha value is -2.87. The van der Waals surface area contributed by atoms with E-state index in [0.717, 1.165) is 5.56 Å². The highest BCUT2D eigenvalue weighted by molar-refractivity contribution is 7.86. The molecule has 3 rings (SSSR count). The molecule has 0 heterocycles. The summed E-state index contributed by atoms with van der Waals surface area (Å²) in [5.41, 5.74) is 1.40. The summed E-state index contributed by atoms with van der Waals surface area (Å²) in [5.74, 6) is -0.476. The third kappa shape index (κ3) is 5.57. The first-order valence-electron chi connectivity index (χ1n) is 8.63. The molecule has 0 aliphatic rings. The average molecular weight is 432 g/mol. The average Bonchev–Trinajstić information content (AvgIpc) is 2.68. The van der Waals surface area contributed by atoms with Crippen molar-refractivity contribution in [1.82, 2.24) is 0 Å². The highest BCUT2D eigenvalue weighted by atomic mass is 35.5. The molecule has 8 heteroatoms. The van der Waals surface area contributed by atoms with Gasteiger partial charge in [0.05, 0.1) is 5.02 Å². The lowest BCUT2D eigenvalue weighted by atomic mass is 10.1. The van der Waals surface area contributed by atoms with Crippen LogP contribution in [0.4, 0.5) is 5.69 Å². The number of benzene rings is 3. The van der Waals surface area contributed by atoms with E-state index in [0.29, 0.717) is 12.4 Å². The summed E-state index contributed by atoms with van der Waals surface area (Å²) in [6.45, 7) is 0.325. The van der Waals surface area contributed by atoms with E-state index in [1.807, 2.05) is 30.3 Å². The number of nitrogens with one attached hydrogen (secondary N) is 1. The molecule has 1 unspecified atom stereocenters. The fourth-order valence-corrected chi connectivity index (χ4v) is 3.79. The molecule has 0 spiro atoms. The Morgan fingerprint density at radius 2 is 1.62 bits per heavy atom. The molecule has 6 nitrogen and oxygen atoms in total. The summed E-state index contributed by atoms with van der Waals surface area (Å²) in [6.07, 6.45) is 0. The first kappa shape index (κ1) is 20.9. The van der Waals surface area contributed by atoms with Crippen LogP contribution in [0.25, 0.3) is 0 Å². The second-order valence-electron chi connectivity index (χ2n) is 6.21. The molecule has 0 bridgehead atoms. The maximum Gasteiger partial charge on any atom is 0.281 e. The second kappa shape index (κ2) is 9.09. The normalized spacial score (nSPS) is 12.2. The topological polar surface area (TPSA) is 92.7 Å². The Kier molecular flexibility index (Phi) is 6.53. The Morgan fingerprint density at radius 3 is 2.21 bits per heavy atom. The zero-order chi connectivity index (χ0) is 20.9. The van der Waals surface area contributed by atoms with Crippen LogP contribution in [0.15, 0.2) is 78.9 Å². The molecule has 0 saturated carbocycles. The molecule has 1 amide bonds. The Morgan fingerprint density at radius 1 is 1.00 bits per heavy atom. The van der Waals surface area contributed by atoms with Gasteiger partial charge in [-0.1, -0.05) is 72.3 Å². The third-order valence-corrected chi connectivity index (χ3v) is 5.45. The summed E-state index contributed by atoms with van der Waals surface area (Å²) in [4.78, 5) is 12.5. The monoisotopic (exact) mass is 431 g/mol. The number of hydrogen-bond acceptors (Lipinski definition) is 4. The molecular formula is C21H18ClNO5S. The predicted molar refractivity (Wildman–Crippen MR) is 112 cm³/mol. The van der Waals surface area contributed by atoms with Gasteiger partial charge in [0.15, 0.2) is 5.25 Å². The van der Waals surface area contributed by atoms with Gasteiger partial charge in [-0.3, -0.25) is 9.35 Å². The van der Waals surface area contributed by atoms with Gasteiger partial charge in [-0.05, 0) is 29.3 Å². The number of anilines is 1. The molecule has 0 aromatic heterocycles. The van der Waals surface area contributed by atoms with Crippen molar-refractivity contribution in [2.75, 3.05) is 5.32 Å². The van der Waals surface area contributed by atoms with Crippen molar-refractivity contribution in [3.8, 4) is 5.75 Å². The minimum atomic E-state index is -4.66. The second-order valence-corrected chi connectivity index (χ2v) is 8.12. The van der Waals surface area contributed by atoms with Gasteiger partial charge < -0.3 is 10.1 Å². The zero-order valence-electron chi connectivity index (χ0n) is 15.2. The molecule has 150 valence electrons. The smallest absolute Gasteiger partial charge is 0.281 e. The first-order valence-corrected chi connectivity index (χ1v) is 10.5. The van der Waals surface area contributed by atoms with Crippen molar-refractivity contribution in [3.63, 3.8) is 0 Å². The lowest BCUT2D eigenvalue weighted by Gasteiger charge is -2.15. The minimum Gasteiger partial charge on any atom is -0.487 e. The van der Waals surface area contributed by atoms with Gasteiger partial charge in [0.25, 0.3) is 10.1 Å². The number of amides is 1. The molecule has 0 saturated heterocycles. The van der Waals surface area contributed by atoms with Crippen molar-refractivity contribution < 1.29 is 22.5 Å². The highest BCUT2D eigenvalue weighted by Crippen LogP contribution is 2.30. The Balaban J connectivity index is 1.74. The van der Waals surface area contributed by atoms with Crippen LogP contribution in [0.5, 0.6) is 5.75 Å². The largest absolute Gasteiger partial charge is 0.487 e. The fraction of sp³-hybridized carbons (Fsp3) is 0.0952. The molecule has 0 aliphatic heterocycles. The maximum absolute atomic E-state index is 12.5. The number of carbonyl (C=O) groups is 1. The van der Waals surface area contributed by atoms with Gasteiger partial charge in [-0.2, -0.15) is 8.42 Å². The molecule has 3 aromatic rings. The van der Waals surface area contributed by atoms with Crippen LogP contribution in [-0.4, -0.2) is 18.9 Å². The Bertz CT molecular complexity index is 1090. The highest BCUT2D eigenvalue weighted by Gasteiger charge is 2.32. The Labute approximate surface area is 173 Å². The van der Waals surface area contributed by atoms with E-state index < -0.39 is 21.3 Å². The number of ether oxygens (including phenoxy) is 1. The minimum absolute atomic E-state index is 0.154. The lowest BCUT2D eigenvalue weighted by molar-refractivity contribution is -0.116. The molecule has 3 aromatic carbocycles. The van der Waals surface area contributed by atoms with Gasteiger partial charge in [0.2, 0.25) is 5.91 Å². The van der Waals surface area contributed by atoms with Crippen molar-refractivity contribution >= 4 is 33.3 Å². The zero-order valence-corrected chi connectivity index (χ0v) is 16.7. The summed E-state index contributed by atoms with van der Waals surface area (Å²) in [5, 5.41) is 0.969. The van der Waals surface area contributed by atoms with E-state index in [9.17, 15) is 17.8 Å². The van der Waals surface area contributed by atoms with Crippen LogP contribution in [0.3, 0.4) is 0 Å². The number of hydrogen-bond donors (Lipinski definition) is 2. The predicted octanol–water partition coefficient (Wildman–Crippen LogP) is 4.49. The quantitative estimate of drug-likeness (QED) is 0.538. The third-order valence-electron chi connectivity index (χ3n) is 4.07. The summed E-state index contributed by atoms with van der Waals surface area (Å²) < 4.78 is 38.7. The summed E-state index contributed by atoms with van der Waals surface area (Å²) in [7, 11) is -4.66. The van der Waals surface area contributed by atoms with E-state index in [4.69, 9.17) is 16.3 Å². The van der Waals surface area contributed by atoms with Gasteiger partial charge in [-0.25, -0.2) is 0 Å². The van der Waals surface area contributed by atoms with E-state index >= 15 is 0 Å². The van der Waals surface area contributed by atoms with E-state index in [1.54, 1.807) is 24.3 Å². The SMILES string of the molecule is O=C(Nc1ccc(OCc2ccccc2)c(Cl)c1)C(c1ccccc1)S(=O)(=O)O. The van der Waals surface area contributed by atoms with E-state index in [2.05, 4.69) is 5.32 Å². The van der Waals surface area contributed by atoms with Gasteiger partial charge in [0.1, 0.15) is 12.4 Å². The summed E-state index contributed by atoms with van der Waals surface area (Å²) in [6, 6.07) is 21.8. The first-order chi connectivity index (χ1) is 13.8. The summed E-state index contributed by atoms with van der Waals surface area (Å²) >= 11 is 6.22. The van der Waals surface area contributed by atoms with Gasteiger partial charge >= 0.3 is 0 Å². The van der Waals surface area contributed by atoms with E-state index in [-0.39, 0.29) is 16.3 Å². The molecule has 0 fully saturated rings. The fourth-order valence-electron chi connectivity index (χ4n) is 2.73. The van der Waals surface area contributed by atoms with Crippen molar-refractivity contribution in [1.29, 1.82) is 0 Å². The van der Waals surface area contributed by atoms with Crippen LogP contribution >= 0.6 is 11.6 Å². The molecule has 29 heavy (non-hydrogen) atoms. The van der Waals surface area contributed by atoms with E-state index in [1.165, 1.54) is 24.3 Å². The standard InChI is InChI=1S/C21H18ClNO5S/c22-18-13-17(11-12-19(18)28-14-15-7-3-1-4-8-15)23-21(24)20(29(25,26)27)16-9-5-2-6-10-16/h1-13,20H,14H2,(H,23,24)(H,25,26,27). The van der Waals surface area contributed by atoms with Crippen LogP contribution in [0, 0.1) is 0 Å². The number of halogens is 1. The van der Waals surface area contributed by atoms with Crippen molar-refractivity contribution in [2.45, 2.75) is 11.9 Å². The lowest BCUT2D eigenvalue weighted by Crippen LogP contribution is -2.27. The van der Waals surface area contributed by atoms with Crippen molar-refractivity contribution in [3.05, 3.63) is 95.0 Å². The molecule has 0 radical (unpaired) electrons. The van der Waals surface area contributed by atoms with Gasteiger partial charge in [0, 0.05) is 5.69 Å². The molecular weight excluding hydrogens is 414 g/mol. The number of carbonyl (C=O) groups excluding carboxylic acids is 1. The molecule has 1 atom stereocenters. The molecule has 0 aliphatic carbocycles. The van der Waals surface area contributed by atoms with Crippen LogP contribution in [-0.2, 0) is 21.5 Å². The van der Waals surface area contributed by atoms with Crippen LogP contribution in [0.1, 0.15) is 16.4 Å². The maximum atomic E-state index is 12.5. The van der Waals surface area contributed by atoms with Crippen molar-refractivity contribution in [2.24, 2.45) is 0 Å². The van der Waals surface area contributed by atoms with Gasteiger partial charge in [-0.15, -0.1) is 0 Å². The molecule has 2 N–H and O–H groups in total. The van der Waals surface area contributed by atoms with Crippen LogP contribution in [0.2, 0.25) is 5.02 Å². The van der Waals surface area contributed by atoms with Crippen LogP contribution < -0.4 is 10.1 Å².